The van der Waals surface area contributed by atoms with Crippen LogP contribution in [0.15, 0.2) is 0 Å². The van der Waals surface area contributed by atoms with E-state index < -0.39 is 41.8 Å². The molecule has 7 nitrogen and oxygen atoms in total. The minimum atomic E-state index is -1.34. The molecular formula is C9H12O7. The summed E-state index contributed by atoms with van der Waals surface area (Å²) in [7, 11) is 1.18. The van der Waals surface area contributed by atoms with Crippen LogP contribution in [0.3, 0.4) is 0 Å². The molecule has 0 amide bonds. The monoisotopic (exact) mass is 232 g/mol. The molecule has 0 heterocycles. The summed E-state index contributed by atoms with van der Waals surface area (Å²) in [6, 6.07) is 0. The SMILES string of the molecule is COC1C(C(=O)O)CC(C(=O)O)C1C(=O)O. The van der Waals surface area contributed by atoms with Crippen LogP contribution in [0, 0.1) is 17.8 Å². The Labute approximate surface area is 90.6 Å². The van der Waals surface area contributed by atoms with E-state index in [4.69, 9.17) is 20.1 Å². The van der Waals surface area contributed by atoms with Crippen molar-refractivity contribution in [3.63, 3.8) is 0 Å². The highest BCUT2D eigenvalue weighted by Gasteiger charge is 2.53. The topological polar surface area (TPSA) is 121 Å². The number of ether oxygens (including phenoxy) is 1. The number of carbonyl (C=O) groups is 3. The molecule has 0 saturated heterocycles. The van der Waals surface area contributed by atoms with E-state index >= 15 is 0 Å². The third kappa shape index (κ3) is 1.99. The van der Waals surface area contributed by atoms with Crippen LogP contribution in [0.4, 0.5) is 0 Å². The fourth-order valence-corrected chi connectivity index (χ4v) is 2.15. The maximum Gasteiger partial charge on any atom is 0.310 e. The van der Waals surface area contributed by atoms with Crippen LogP contribution in [-0.4, -0.2) is 46.4 Å². The van der Waals surface area contributed by atoms with Gasteiger partial charge in [-0.3, -0.25) is 14.4 Å². The molecule has 1 aliphatic carbocycles. The lowest BCUT2D eigenvalue weighted by Gasteiger charge is -2.19. The van der Waals surface area contributed by atoms with Gasteiger partial charge in [0.25, 0.3) is 0 Å². The van der Waals surface area contributed by atoms with E-state index in [9.17, 15) is 14.4 Å². The molecule has 0 radical (unpaired) electrons. The number of rotatable bonds is 4. The first-order valence-electron chi connectivity index (χ1n) is 4.61. The molecule has 0 aliphatic heterocycles. The molecule has 4 atom stereocenters. The van der Waals surface area contributed by atoms with Crippen molar-refractivity contribution >= 4 is 17.9 Å². The van der Waals surface area contributed by atoms with Crippen LogP contribution in [-0.2, 0) is 19.1 Å². The largest absolute Gasteiger partial charge is 0.481 e. The molecule has 1 aliphatic rings. The highest BCUT2D eigenvalue weighted by molar-refractivity contribution is 5.84. The molecule has 1 rings (SSSR count). The van der Waals surface area contributed by atoms with Gasteiger partial charge in [0.15, 0.2) is 0 Å². The van der Waals surface area contributed by atoms with Gasteiger partial charge in [0.1, 0.15) is 0 Å². The number of methoxy groups -OCH3 is 1. The second kappa shape index (κ2) is 4.48. The maximum absolute atomic E-state index is 10.9. The van der Waals surface area contributed by atoms with Crippen molar-refractivity contribution in [2.75, 3.05) is 7.11 Å². The van der Waals surface area contributed by atoms with Gasteiger partial charge in [-0.15, -0.1) is 0 Å². The quantitative estimate of drug-likeness (QED) is 0.597. The van der Waals surface area contributed by atoms with E-state index in [1.54, 1.807) is 0 Å². The zero-order chi connectivity index (χ0) is 12.5. The summed E-state index contributed by atoms with van der Waals surface area (Å²) in [6.07, 6.45) is -1.32. The number of carboxylic acids is 3. The number of aliphatic carboxylic acids is 3. The van der Waals surface area contributed by atoms with E-state index in [2.05, 4.69) is 0 Å². The molecule has 1 saturated carbocycles. The van der Waals surface area contributed by atoms with Crippen molar-refractivity contribution in [3.8, 4) is 0 Å². The number of hydrogen-bond donors (Lipinski definition) is 3. The Morgan fingerprint density at radius 3 is 1.81 bits per heavy atom. The van der Waals surface area contributed by atoms with Gasteiger partial charge in [0, 0.05) is 7.11 Å². The minimum absolute atomic E-state index is 0.222. The maximum atomic E-state index is 10.9. The van der Waals surface area contributed by atoms with Crippen LogP contribution >= 0.6 is 0 Å². The van der Waals surface area contributed by atoms with Crippen molar-refractivity contribution in [2.24, 2.45) is 17.8 Å². The Balaban J connectivity index is 3.04. The Hall–Kier alpha value is -1.63. The van der Waals surface area contributed by atoms with Crippen LogP contribution in [0.2, 0.25) is 0 Å². The summed E-state index contributed by atoms with van der Waals surface area (Å²) < 4.78 is 4.81. The highest BCUT2D eigenvalue weighted by Crippen LogP contribution is 2.39. The molecule has 0 bridgehead atoms. The van der Waals surface area contributed by atoms with Crippen molar-refractivity contribution in [3.05, 3.63) is 0 Å². The third-order valence-corrected chi connectivity index (χ3v) is 2.88. The van der Waals surface area contributed by atoms with Crippen molar-refractivity contribution < 1.29 is 34.4 Å². The van der Waals surface area contributed by atoms with Gasteiger partial charge in [-0.25, -0.2) is 0 Å². The molecule has 0 aromatic rings. The summed E-state index contributed by atoms with van der Waals surface area (Å²) in [5, 5.41) is 26.6. The molecule has 3 N–H and O–H groups in total. The first kappa shape index (κ1) is 12.4. The fourth-order valence-electron chi connectivity index (χ4n) is 2.15. The number of carboxylic acid groups (broad SMARTS) is 3. The van der Waals surface area contributed by atoms with Gasteiger partial charge in [-0.1, -0.05) is 0 Å². The van der Waals surface area contributed by atoms with Crippen molar-refractivity contribution in [1.82, 2.24) is 0 Å². The summed E-state index contributed by atoms with van der Waals surface area (Å²) in [4.78, 5) is 32.6. The number of hydrogen-bond acceptors (Lipinski definition) is 4. The molecule has 0 aromatic carbocycles. The van der Waals surface area contributed by atoms with Crippen LogP contribution in [0.5, 0.6) is 0 Å². The summed E-state index contributed by atoms with van der Waals surface area (Å²) >= 11 is 0. The molecule has 90 valence electrons. The molecule has 1 fully saturated rings. The summed E-state index contributed by atoms with van der Waals surface area (Å²) in [5.74, 6) is -7.51. The normalized spacial score (nSPS) is 33.6. The first-order chi connectivity index (χ1) is 7.40. The van der Waals surface area contributed by atoms with Crippen molar-refractivity contribution in [1.29, 1.82) is 0 Å². The Bertz CT molecular complexity index is 324. The van der Waals surface area contributed by atoms with E-state index in [0.717, 1.165) is 0 Å². The van der Waals surface area contributed by atoms with E-state index in [-0.39, 0.29) is 6.42 Å². The lowest BCUT2D eigenvalue weighted by molar-refractivity contribution is -0.157. The van der Waals surface area contributed by atoms with Crippen LogP contribution in [0.1, 0.15) is 6.42 Å². The van der Waals surface area contributed by atoms with Crippen LogP contribution in [0.25, 0.3) is 0 Å². The first-order valence-corrected chi connectivity index (χ1v) is 4.61. The third-order valence-electron chi connectivity index (χ3n) is 2.88. The van der Waals surface area contributed by atoms with Gasteiger partial charge in [-0.2, -0.15) is 0 Å². The average Bonchev–Trinajstić information content (AvgIpc) is 2.56. The average molecular weight is 232 g/mol. The van der Waals surface area contributed by atoms with Gasteiger partial charge < -0.3 is 20.1 Å². The summed E-state index contributed by atoms with van der Waals surface area (Å²) in [5.41, 5.74) is 0. The van der Waals surface area contributed by atoms with E-state index in [1.807, 2.05) is 0 Å². The van der Waals surface area contributed by atoms with Crippen molar-refractivity contribution in [2.45, 2.75) is 12.5 Å². The molecule has 16 heavy (non-hydrogen) atoms. The molecule has 4 unspecified atom stereocenters. The lowest BCUT2D eigenvalue weighted by Crippen LogP contribution is -2.36. The van der Waals surface area contributed by atoms with E-state index in [0.29, 0.717) is 0 Å². The minimum Gasteiger partial charge on any atom is -0.481 e. The fraction of sp³-hybridized carbons (Fsp3) is 0.667. The van der Waals surface area contributed by atoms with Gasteiger partial charge in [0.05, 0.1) is 23.9 Å². The summed E-state index contributed by atoms with van der Waals surface area (Å²) in [6.45, 7) is 0. The predicted molar refractivity (Wildman–Crippen MR) is 48.8 cm³/mol. The zero-order valence-corrected chi connectivity index (χ0v) is 8.49. The molecule has 0 spiro atoms. The van der Waals surface area contributed by atoms with E-state index in [1.165, 1.54) is 7.11 Å². The Kier molecular flexibility index (Phi) is 3.48. The predicted octanol–water partition coefficient (Wildman–Crippen LogP) is -0.492. The van der Waals surface area contributed by atoms with Gasteiger partial charge >= 0.3 is 17.9 Å². The zero-order valence-electron chi connectivity index (χ0n) is 8.49. The Morgan fingerprint density at radius 2 is 1.50 bits per heavy atom. The highest BCUT2D eigenvalue weighted by atomic mass is 16.5. The van der Waals surface area contributed by atoms with Gasteiger partial charge in [0.2, 0.25) is 0 Å². The smallest absolute Gasteiger partial charge is 0.310 e. The van der Waals surface area contributed by atoms with Crippen LogP contribution < -0.4 is 0 Å². The second-order valence-electron chi connectivity index (χ2n) is 3.69. The molecule has 0 aromatic heterocycles. The van der Waals surface area contributed by atoms with Gasteiger partial charge in [-0.05, 0) is 6.42 Å². The lowest BCUT2D eigenvalue weighted by atomic mass is 9.95. The second-order valence-corrected chi connectivity index (χ2v) is 3.69. The standard InChI is InChI=1S/C9H12O7/c1-16-6-4(8(12)13)2-3(7(10)11)5(6)9(14)15/h3-6H,2H2,1H3,(H,10,11)(H,12,13)(H,14,15). The Morgan fingerprint density at radius 1 is 1.00 bits per heavy atom. The molecular weight excluding hydrogens is 220 g/mol. The molecule has 7 heteroatoms.